The molecule has 0 atom stereocenters. The minimum absolute atomic E-state index is 0.133. The Balaban J connectivity index is 2.91. The summed E-state index contributed by atoms with van der Waals surface area (Å²) in [6, 6.07) is 3.50. The number of hydrogen-bond acceptors (Lipinski definition) is 3. The molecule has 0 aromatic heterocycles. The van der Waals surface area contributed by atoms with Crippen LogP contribution in [-0.2, 0) is 0 Å². The third kappa shape index (κ3) is 4.15. The molecule has 110 valence electrons. The average molecular weight is 280 g/mol. The van der Waals surface area contributed by atoms with E-state index in [9.17, 15) is 14.7 Å². The van der Waals surface area contributed by atoms with Crippen molar-refractivity contribution in [2.45, 2.75) is 26.7 Å². The van der Waals surface area contributed by atoms with Crippen LogP contribution < -0.4 is 5.32 Å². The molecule has 0 aliphatic carbocycles. The summed E-state index contributed by atoms with van der Waals surface area (Å²) in [7, 11) is 0. The molecule has 0 unspecified atom stereocenters. The molecule has 0 aliphatic rings. The number of hydrogen-bond donors (Lipinski definition) is 3. The first-order valence-electron chi connectivity index (χ1n) is 6.61. The number of nitrogens with one attached hydrogen (secondary N) is 1. The van der Waals surface area contributed by atoms with Crippen LogP contribution in [0.4, 0.5) is 10.5 Å². The molecule has 0 heterocycles. The van der Waals surface area contributed by atoms with Crippen LogP contribution in [0.15, 0.2) is 18.2 Å². The summed E-state index contributed by atoms with van der Waals surface area (Å²) < 4.78 is 0. The van der Waals surface area contributed by atoms with Crippen LogP contribution >= 0.6 is 0 Å². The molecule has 0 saturated heterocycles. The van der Waals surface area contributed by atoms with Crippen molar-refractivity contribution in [1.82, 2.24) is 4.90 Å². The molecule has 6 nitrogen and oxygen atoms in total. The average Bonchev–Trinajstić information content (AvgIpc) is 2.40. The van der Waals surface area contributed by atoms with Crippen LogP contribution in [0.25, 0.3) is 0 Å². The maximum atomic E-state index is 12.1. The Morgan fingerprint density at radius 2 is 1.80 bits per heavy atom. The Hall–Kier alpha value is -2.24. The molecule has 2 amide bonds. The number of anilines is 1. The third-order valence-electron chi connectivity index (χ3n) is 2.75. The molecular formula is C14H20N2O4. The van der Waals surface area contributed by atoms with Crippen molar-refractivity contribution in [3.63, 3.8) is 0 Å². The lowest BCUT2D eigenvalue weighted by atomic mass is 10.1. The van der Waals surface area contributed by atoms with Crippen molar-refractivity contribution < 1.29 is 19.8 Å². The molecule has 0 bridgehead atoms. The number of carboxylic acid groups (broad SMARTS) is 1. The molecule has 0 radical (unpaired) electrons. The smallest absolute Gasteiger partial charge is 0.337 e. The molecular weight excluding hydrogens is 260 g/mol. The normalized spacial score (nSPS) is 10.1. The molecule has 1 rings (SSSR count). The second-order valence-corrected chi connectivity index (χ2v) is 4.45. The zero-order chi connectivity index (χ0) is 15.1. The van der Waals surface area contributed by atoms with Gasteiger partial charge in [-0.1, -0.05) is 13.8 Å². The lowest BCUT2D eigenvalue weighted by molar-refractivity contribution is 0.0697. The van der Waals surface area contributed by atoms with Crippen LogP contribution in [0.2, 0.25) is 0 Å². The highest BCUT2D eigenvalue weighted by Crippen LogP contribution is 2.21. The number of amides is 2. The second-order valence-electron chi connectivity index (χ2n) is 4.45. The van der Waals surface area contributed by atoms with Crippen molar-refractivity contribution >= 4 is 17.7 Å². The number of rotatable bonds is 6. The number of benzene rings is 1. The first kappa shape index (κ1) is 15.8. The van der Waals surface area contributed by atoms with Gasteiger partial charge in [0.1, 0.15) is 5.75 Å². The molecule has 3 N–H and O–H groups in total. The number of aromatic carboxylic acids is 1. The standard InChI is InChI=1S/C14H20N2O4/c1-3-7-16(8-4-2)14(20)15-12-6-5-10(17)9-11(12)13(18)19/h5-6,9,17H,3-4,7-8H2,1-2H3,(H,15,20)(H,18,19). The fraction of sp³-hybridized carbons (Fsp3) is 0.429. The molecule has 1 aromatic rings. The maximum Gasteiger partial charge on any atom is 0.337 e. The van der Waals surface area contributed by atoms with E-state index in [-0.39, 0.29) is 23.0 Å². The van der Waals surface area contributed by atoms with Gasteiger partial charge < -0.3 is 20.4 Å². The zero-order valence-electron chi connectivity index (χ0n) is 11.7. The molecule has 0 aliphatic heterocycles. The van der Waals surface area contributed by atoms with Gasteiger partial charge in [0.15, 0.2) is 0 Å². The predicted molar refractivity (Wildman–Crippen MR) is 76.2 cm³/mol. The van der Waals surface area contributed by atoms with Crippen molar-refractivity contribution in [2.24, 2.45) is 0 Å². The van der Waals surface area contributed by atoms with E-state index in [1.807, 2.05) is 13.8 Å². The summed E-state index contributed by atoms with van der Waals surface area (Å²) in [6.45, 7) is 5.17. The second kappa shape index (κ2) is 7.37. The maximum absolute atomic E-state index is 12.1. The topological polar surface area (TPSA) is 89.9 Å². The fourth-order valence-corrected chi connectivity index (χ4v) is 1.87. The third-order valence-corrected chi connectivity index (χ3v) is 2.75. The SMILES string of the molecule is CCCN(CCC)C(=O)Nc1ccc(O)cc1C(=O)O. The van der Waals surface area contributed by atoms with E-state index in [0.717, 1.165) is 18.9 Å². The van der Waals surface area contributed by atoms with Crippen LogP contribution in [0.3, 0.4) is 0 Å². The monoisotopic (exact) mass is 280 g/mol. The summed E-state index contributed by atoms with van der Waals surface area (Å²) in [5, 5.41) is 21.0. The van der Waals surface area contributed by atoms with Gasteiger partial charge in [0.05, 0.1) is 11.3 Å². The van der Waals surface area contributed by atoms with Gasteiger partial charge in [-0.25, -0.2) is 9.59 Å². The van der Waals surface area contributed by atoms with Crippen LogP contribution in [0.5, 0.6) is 5.75 Å². The van der Waals surface area contributed by atoms with Gasteiger partial charge in [-0.2, -0.15) is 0 Å². The largest absolute Gasteiger partial charge is 0.508 e. The quantitative estimate of drug-likeness (QED) is 0.699. The van der Waals surface area contributed by atoms with Gasteiger partial charge in [0.2, 0.25) is 0 Å². The fourth-order valence-electron chi connectivity index (χ4n) is 1.87. The molecule has 1 aromatic carbocycles. The lowest BCUT2D eigenvalue weighted by Crippen LogP contribution is -2.36. The number of phenols is 1. The minimum atomic E-state index is -1.20. The van der Waals surface area contributed by atoms with Crippen LogP contribution in [-0.4, -0.2) is 40.2 Å². The number of nitrogens with zero attached hydrogens (tertiary/aromatic N) is 1. The Kier molecular flexibility index (Phi) is 5.83. The van der Waals surface area contributed by atoms with E-state index in [1.54, 1.807) is 4.90 Å². The zero-order valence-corrected chi connectivity index (χ0v) is 11.7. The van der Waals surface area contributed by atoms with E-state index in [0.29, 0.717) is 13.1 Å². The summed E-state index contributed by atoms with van der Waals surface area (Å²) >= 11 is 0. The highest BCUT2D eigenvalue weighted by Gasteiger charge is 2.16. The minimum Gasteiger partial charge on any atom is -0.508 e. The van der Waals surface area contributed by atoms with Crippen LogP contribution in [0, 0.1) is 0 Å². The van der Waals surface area contributed by atoms with E-state index in [4.69, 9.17) is 5.11 Å². The number of carbonyl (C=O) groups excluding carboxylic acids is 1. The highest BCUT2D eigenvalue weighted by atomic mass is 16.4. The first-order valence-corrected chi connectivity index (χ1v) is 6.61. The van der Waals surface area contributed by atoms with E-state index < -0.39 is 5.97 Å². The molecule has 0 fully saturated rings. The van der Waals surface area contributed by atoms with Gasteiger partial charge in [0.25, 0.3) is 0 Å². The number of carboxylic acids is 1. The van der Waals surface area contributed by atoms with Gasteiger partial charge in [-0.05, 0) is 31.0 Å². The Morgan fingerprint density at radius 1 is 1.20 bits per heavy atom. The molecule has 6 heteroatoms. The van der Waals surface area contributed by atoms with Gasteiger partial charge in [0, 0.05) is 13.1 Å². The van der Waals surface area contributed by atoms with Crippen molar-refractivity contribution in [1.29, 1.82) is 0 Å². The van der Waals surface area contributed by atoms with E-state index in [2.05, 4.69) is 5.32 Å². The van der Waals surface area contributed by atoms with Gasteiger partial charge >= 0.3 is 12.0 Å². The van der Waals surface area contributed by atoms with Gasteiger partial charge in [-0.15, -0.1) is 0 Å². The van der Waals surface area contributed by atoms with Crippen molar-refractivity contribution in [3.8, 4) is 5.75 Å². The van der Waals surface area contributed by atoms with E-state index in [1.165, 1.54) is 12.1 Å². The number of aromatic hydroxyl groups is 1. The summed E-state index contributed by atoms with van der Waals surface area (Å²) in [4.78, 5) is 24.8. The number of urea groups is 1. The lowest BCUT2D eigenvalue weighted by Gasteiger charge is -2.22. The van der Waals surface area contributed by atoms with Crippen molar-refractivity contribution in [3.05, 3.63) is 23.8 Å². The predicted octanol–water partition coefficient (Wildman–Crippen LogP) is 2.74. The Labute approximate surface area is 118 Å². The Morgan fingerprint density at radius 3 is 2.30 bits per heavy atom. The van der Waals surface area contributed by atoms with Gasteiger partial charge in [-0.3, -0.25) is 0 Å². The first-order chi connectivity index (χ1) is 9.49. The highest BCUT2D eigenvalue weighted by molar-refractivity contribution is 6.00. The summed E-state index contributed by atoms with van der Waals surface area (Å²) in [5.41, 5.74) is 0.0452. The van der Waals surface area contributed by atoms with E-state index >= 15 is 0 Å². The number of phenolic OH excluding ortho intramolecular Hbond substituents is 1. The molecule has 0 saturated carbocycles. The molecule has 20 heavy (non-hydrogen) atoms. The van der Waals surface area contributed by atoms with Crippen LogP contribution in [0.1, 0.15) is 37.0 Å². The van der Waals surface area contributed by atoms with Crippen molar-refractivity contribution in [2.75, 3.05) is 18.4 Å². The summed E-state index contributed by atoms with van der Waals surface area (Å²) in [5.74, 6) is -1.35. The summed E-state index contributed by atoms with van der Waals surface area (Å²) in [6.07, 6.45) is 1.66. The Bertz CT molecular complexity index is 482. The molecule has 0 spiro atoms. The number of carbonyl (C=O) groups is 2.